The van der Waals surface area contributed by atoms with E-state index < -0.39 is 0 Å². The lowest BCUT2D eigenvalue weighted by Crippen LogP contribution is -2.17. The molecule has 3 aromatic carbocycles. The molecule has 5 rings (SSSR count). The average Bonchev–Trinajstić information content (AvgIpc) is 3.23. The summed E-state index contributed by atoms with van der Waals surface area (Å²) in [5.41, 5.74) is 4.91. The van der Waals surface area contributed by atoms with Gasteiger partial charge in [-0.2, -0.15) is 0 Å². The zero-order valence-corrected chi connectivity index (χ0v) is 16.4. The van der Waals surface area contributed by atoms with Crippen molar-refractivity contribution >= 4 is 10.9 Å². The third kappa shape index (κ3) is 3.84. The monoisotopic (exact) mass is 400 g/mol. The van der Waals surface area contributed by atoms with E-state index in [1.54, 1.807) is 12.1 Å². The van der Waals surface area contributed by atoms with E-state index in [0.29, 0.717) is 12.3 Å². The zero-order valence-electron chi connectivity index (χ0n) is 16.4. The Hall–Kier alpha value is -3.44. The van der Waals surface area contributed by atoms with Gasteiger partial charge < -0.3 is 14.8 Å². The summed E-state index contributed by atoms with van der Waals surface area (Å²) in [5, 5.41) is 4.51. The molecule has 0 saturated heterocycles. The SMILES string of the molecule is Fc1ccc(-c2nc3cc4c(cc3cc2CNCCc2ccccc2)OCO4)cc1. The van der Waals surface area contributed by atoms with Gasteiger partial charge in [0.1, 0.15) is 5.82 Å². The first-order valence-electron chi connectivity index (χ1n) is 10.0. The minimum absolute atomic E-state index is 0.227. The van der Waals surface area contributed by atoms with Crippen LogP contribution in [0.25, 0.3) is 22.2 Å². The fraction of sp³-hybridized carbons (Fsp3) is 0.160. The van der Waals surface area contributed by atoms with Gasteiger partial charge in [0, 0.05) is 23.6 Å². The minimum Gasteiger partial charge on any atom is -0.454 e. The van der Waals surface area contributed by atoms with Crippen LogP contribution < -0.4 is 14.8 Å². The van der Waals surface area contributed by atoms with E-state index in [-0.39, 0.29) is 12.6 Å². The third-order valence-corrected chi connectivity index (χ3v) is 5.25. The molecular formula is C25H21FN2O2. The van der Waals surface area contributed by atoms with Crippen LogP contribution >= 0.6 is 0 Å². The number of ether oxygens (including phenoxy) is 2. The number of aromatic nitrogens is 1. The van der Waals surface area contributed by atoms with Crippen LogP contribution in [0.4, 0.5) is 4.39 Å². The molecule has 0 spiro atoms. The molecule has 0 atom stereocenters. The molecule has 0 unspecified atom stereocenters. The summed E-state index contributed by atoms with van der Waals surface area (Å²) in [7, 11) is 0. The molecule has 0 fully saturated rings. The molecule has 1 aliphatic heterocycles. The number of benzene rings is 3. The molecule has 0 aliphatic carbocycles. The highest BCUT2D eigenvalue weighted by Gasteiger charge is 2.17. The van der Waals surface area contributed by atoms with E-state index in [4.69, 9.17) is 14.5 Å². The number of nitrogens with one attached hydrogen (secondary N) is 1. The second-order valence-electron chi connectivity index (χ2n) is 7.31. The number of pyridine rings is 1. The maximum absolute atomic E-state index is 13.5. The van der Waals surface area contributed by atoms with Gasteiger partial charge in [0.25, 0.3) is 0 Å². The highest BCUT2D eigenvalue weighted by molar-refractivity contribution is 5.86. The second kappa shape index (κ2) is 8.13. The Bertz CT molecular complexity index is 1180. The quantitative estimate of drug-likeness (QED) is 0.457. The highest BCUT2D eigenvalue weighted by Crippen LogP contribution is 2.37. The summed E-state index contributed by atoms with van der Waals surface area (Å²) < 4.78 is 24.5. The van der Waals surface area contributed by atoms with Crippen LogP contribution in [-0.2, 0) is 13.0 Å². The van der Waals surface area contributed by atoms with Crippen molar-refractivity contribution in [1.82, 2.24) is 10.3 Å². The van der Waals surface area contributed by atoms with Crippen LogP contribution in [0.2, 0.25) is 0 Å². The van der Waals surface area contributed by atoms with Crippen molar-refractivity contribution in [2.75, 3.05) is 13.3 Å². The van der Waals surface area contributed by atoms with E-state index in [2.05, 4.69) is 35.6 Å². The van der Waals surface area contributed by atoms with E-state index >= 15 is 0 Å². The molecule has 1 aromatic heterocycles. The number of nitrogens with zero attached hydrogens (tertiary/aromatic N) is 1. The highest BCUT2D eigenvalue weighted by atomic mass is 19.1. The normalized spacial score (nSPS) is 12.4. The van der Waals surface area contributed by atoms with Crippen molar-refractivity contribution in [2.45, 2.75) is 13.0 Å². The lowest BCUT2D eigenvalue weighted by Gasteiger charge is -2.13. The van der Waals surface area contributed by atoms with E-state index in [0.717, 1.165) is 46.4 Å². The molecule has 4 aromatic rings. The predicted molar refractivity (Wildman–Crippen MR) is 115 cm³/mol. The summed E-state index contributed by atoms with van der Waals surface area (Å²) >= 11 is 0. The van der Waals surface area contributed by atoms with Crippen molar-refractivity contribution in [3.63, 3.8) is 0 Å². The first-order valence-corrected chi connectivity index (χ1v) is 10.0. The van der Waals surface area contributed by atoms with E-state index in [9.17, 15) is 4.39 Å². The van der Waals surface area contributed by atoms with Gasteiger partial charge >= 0.3 is 0 Å². The maximum Gasteiger partial charge on any atom is 0.231 e. The molecule has 0 bridgehead atoms. The molecule has 0 amide bonds. The van der Waals surface area contributed by atoms with E-state index in [1.165, 1.54) is 17.7 Å². The van der Waals surface area contributed by atoms with Gasteiger partial charge in [-0.15, -0.1) is 0 Å². The fourth-order valence-corrected chi connectivity index (χ4v) is 3.70. The number of hydrogen-bond acceptors (Lipinski definition) is 4. The standard InChI is InChI=1S/C25H21FN2O2/c26-21-8-6-18(7-9-21)25-20(15-27-11-10-17-4-2-1-3-5-17)12-19-13-23-24(30-16-29-23)14-22(19)28-25/h1-9,12-14,27H,10-11,15-16H2. The fourth-order valence-electron chi connectivity index (χ4n) is 3.70. The van der Waals surface area contributed by atoms with Gasteiger partial charge in [0.05, 0.1) is 11.2 Å². The topological polar surface area (TPSA) is 43.4 Å². The minimum atomic E-state index is -0.259. The second-order valence-corrected chi connectivity index (χ2v) is 7.31. The van der Waals surface area contributed by atoms with Crippen LogP contribution in [0.5, 0.6) is 11.5 Å². The Balaban J connectivity index is 1.45. The maximum atomic E-state index is 13.5. The van der Waals surface area contributed by atoms with Crippen molar-refractivity contribution in [2.24, 2.45) is 0 Å². The molecule has 1 aliphatic rings. The van der Waals surface area contributed by atoms with Gasteiger partial charge in [0.2, 0.25) is 6.79 Å². The number of hydrogen-bond donors (Lipinski definition) is 1. The molecule has 4 nitrogen and oxygen atoms in total. The lowest BCUT2D eigenvalue weighted by atomic mass is 10.0. The van der Waals surface area contributed by atoms with Gasteiger partial charge in [-0.25, -0.2) is 9.37 Å². The first-order chi connectivity index (χ1) is 14.8. The zero-order chi connectivity index (χ0) is 20.3. The Labute approximate surface area is 174 Å². The van der Waals surface area contributed by atoms with Gasteiger partial charge in [-0.1, -0.05) is 30.3 Å². The van der Waals surface area contributed by atoms with E-state index in [1.807, 2.05) is 18.2 Å². The molecule has 5 heteroatoms. The number of fused-ring (bicyclic) bond motifs is 2. The Morgan fingerprint density at radius 3 is 2.47 bits per heavy atom. The summed E-state index contributed by atoms with van der Waals surface area (Å²) in [6, 6.07) is 22.9. The summed E-state index contributed by atoms with van der Waals surface area (Å²) in [6.45, 7) is 1.74. The van der Waals surface area contributed by atoms with Gasteiger partial charge in [0.15, 0.2) is 11.5 Å². The van der Waals surface area contributed by atoms with Crippen LogP contribution in [0, 0.1) is 5.82 Å². The number of halogens is 1. The lowest BCUT2D eigenvalue weighted by molar-refractivity contribution is 0.174. The molecular weight excluding hydrogens is 379 g/mol. The molecule has 30 heavy (non-hydrogen) atoms. The molecule has 0 radical (unpaired) electrons. The molecule has 150 valence electrons. The predicted octanol–water partition coefficient (Wildman–Crippen LogP) is 5.10. The largest absolute Gasteiger partial charge is 0.454 e. The van der Waals surface area contributed by atoms with Crippen LogP contribution in [0.3, 0.4) is 0 Å². The van der Waals surface area contributed by atoms with Crippen molar-refractivity contribution in [1.29, 1.82) is 0 Å². The van der Waals surface area contributed by atoms with Crippen LogP contribution in [0.15, 0.2) is 72.8 Å². The summed E-state index contributed by atoms with van der Waals surface area (Å²) in [5.74, 6) is 1.18. The van der Waals surface area contributed by atoms with Gasteiger partial charge in [-0.05, 0) is 60.5 Å². The Morgan fingerprint density at radius 1 is 0.900 bits per heavy atom. The average molecular weight is 400 g/mol. The molecule has 1 N–H and O–H groups in total. The Kier molecular flexibility index (Phi) is 5.03. The van der Waals surface area contributed by atoms with Crippen LogP contribution in [-0.4, -0.2) is 18.3 Å². The summed E-state index contributed by atoms with van der Waals surface area (Å²) in [6.07, 6.45) is 0.951. The molecule has 0 saturated carbocycles. The van der Waals surface area contributed by atoms with Gasteiger partial charge in [-0.3, -0.25) is 0 Å². The number of rotatable bonds is 6. The van der Waals surface area contributed by atoms with Crippen LogP contribution in [0.1, 0.15) is 11.1 Å². The van der Waals surface area contributed by atoms with Crippen molar-refractivity contribution in [3.8, 4) is 22.8 Å². The summed E-state index contributed by atoms with van der Waals surface area (Å²) in [4.78, 5) is 4.89. The third-order valence-electron chi connectivity index (χ3n) is 5.25. The Morgan fingerprint density at radius 2 is 1.67 bits per heavy atom. The van der Waals surface area contributed by atoms with Crippen molar-refractivity contribution in [3.05, 3.63) is 89.7 Å². The first kappa shape index (κ1) is 18.6. The molecule has 2 heterocycles. The van der Waals surface area contributed by atoms with Crippen molar-refractivity contribution < 1.29 is 13.9 Å². The smallest absolute Gasteiger partial charge is 0.231 e.